The van der Waals surface area contributed by atoms with E-state index >= 15 is 0 Å². The van der Waals surface area contributed by atoms with Crippen molar-refractivity contribution in [3.8, 4) is 5.75 Å². The minimum atomic E-state index is -3.76. The molecule has 7 nitrogen and oxygen atoms in total. The molecule has 0 fully saturated rings. The molecule has 26 heavy (non-hydrogen) atoms. The van der Waals surface area contributed by atoms with Crippen molar-refractivity contribution in [1.82, 2.24) is 5.32 Å². The van der Waals surface area contributed by atoms with E-state index in [1.54, 1.807) is 24.3 Å². The van der Waals surface area contributed by atoms with Crippen LogP contribution in [-0.2, 0) is 10.0 Å². The summed E-state index contributed by atoms with van der Waals surface area (Å²) in [6, 6.07) is 12.2. The number of rotatable bonds is 7. The second-order valence-electron chi connectivity index (χ2n) is 6.40. The summed E-state index contributed by atoms with van der Waals surface area (Å²) in [5.74, 6) is 0.316. The highest BCUT2D eigenvalue weighted by molar-refractivity contribution is 7.92. The molecular weight excluding hydrogens is 354 g/mol. The minimum Gasteiger partial charge on any atom is -0.497 e. The molecule has 0 atom stereocenters. The third-order valence-electron chi connectivity index (χ3n) is 3.73. The van der Waals surface area contributed by atoms with Gasteiger partial charge in [-0.15, -0.1) is 0 Å². The quantitative estimate of drug-likeness (QED) is 0.683. The average molecular weight is 377 g/mol. The fourth-order valence-electron chi connectivity index (χ4n) is 2.09. The molecule has 0 unspecified atom stereocenters. The van der Waals surface area contributed by atoms with Crippen LogP contribution in [0.5, 0.6) is 5.75 Å². The summed E-state index contributed by atoms with van der Waals surface area (Å²) in [4.78, 5) is 12.2. The van der Waals surface area contributed by atoms with Crippen LogP contribution in [0.2, 0.25) is 0 Å². The molecule has 140 valence electrons. The molecular formula is C18H23N3O4S. The summed E-state index contributed by atoms with van der Waals surface area (Å²) in [7, 11) is -2.22. The summed E-state index contributed by atoms with van der Waals surface area (Å²) in [6.07, 6.45) is 0. The number of hydrogen-bond acceptors (Lipinski definition) is 5. The fraction of sp³-hybridized carbons (Fsp3) is 0.278. The Labute approximate surface area is 153 Å². The van der Waals surface area contributed by atoms with Crippen LogP contribution >= 0.6 is 0 Å². The van der Waals surface area contributed by atoms with Crippen LogP contribution in [-0.4, -0.2) is 33.5 Å². The molecule has 0 bridgehead atoms. The standard InChI is InChI=1S/C18H23N3O4S/c1-18(2,12-19)20-17(22)13-4-10-16(11-5-13)26(23,24)21-14-6-8-15(25-3)9-7-14/h4-11,21H,12,19H2,1-3H3,(H,20,22). The lowest BCUT2D eigenvalue weighted by atomic mass is 10.1. The van der Waals surface area contributed by atoms with Crippen LogP contribution in [0.4, 0.5) is 5.69 Å². The molecule has 0 aliphatic carbocycles. The average Bonchev–Trinajstić information content (AvgIpc) is 2.62. The minimum absolute atomic E-state index is 0.0583. The van der Waals surface area contributed by atoms with Crippen molar-refractivity contribution in [1.29, 1.82) is 0 Å². The van der Waals surface area contributed by atoms with Gasteiger partial charge in [-0.1, -0.05) is 0 Å². The Kier molecular flexibility index (Phi) is 5.89. The number of sulfonamides is 1. The van der Waals surface area contributed by atoms with E-state index < -0.39 is 15.6 Å². The molecule has 0 radical (unpaired) electrons. The smallest absolute Gasteiger partial charge is 0.261 e. The number of ether oxygens (including phenoxy) is 1. The maximum Gasteiger partial charge on any atom is 0.261 e. The van der Waals surface area contributed by atoms with Gasteiger partial charge in [-0.05, 0) is 62.4 Å². The van der Waals surface area contributed by atoms with Crippen LogP contribution in [0.25, 0.3) is 0 Å². The Morgan fingerprint density at radius 3 is 2.15 bits per heavy atom. The second-order valence-corrected chi connectivity index (χ2v) is 8.08. The predicted molar refractivity (Wildman–Crippen MR) is 101 cm³/mol. The highest BCUT2D eigenvalue weighted by Crippen LogP contribution is 2.19. The molecule has 0 heterocycles. The highest BCUT2D eigenvalue weighted by atomic mass is 32.2. The molecule has 0 saturated heterocycles. The van der Waals surface area contributed by atoms with Crippen molar-refractivity contribution >= 4 is 21.6 Å². The summed E-state index contributed by atoms with van der Waals surface area (Å²) < 4.78 is 32.4. The summed E-state index contributed by atoms with van der Waals surface area (Å²) in [6.45, 7) is 3.90. The monoisotopic (exact) mass is 377 g/mol. The highest BCUT2D eigenvalue weighted by Gasteiger charge is 2.20. The van der Waals surface area contributed by atoms with Gasteiger partial charge < -0.3 is 15.8 Å². The van der Waals surface area contributed by atoms with Crippen LogP contribution in [0, 0.1) is 0 Å². The first kappa shape index (κ1) is 19.7. The van der Waals surface area contributed by atoms with Gasteiger partial charge in [0.15, 0.2) is 0 Å². The van der Waals surface area contributed by atoms with Gasteiger partial charge in [0.2, 0.25) is 0 Å². The third-order valence-corrected chi connectivity index (χ3v) is 5.13. The lowest BCUT2D eigenvalue weighted by Crippen LogP contribution is -2.48. The van der Waals surface area contributed by atoms with E-state index in [4.69, 9.17) is 10.5 Å². The number of carbonyl (C=O) groups excluding carboxylic acids is 1. The van der Waals surface area contributed by atoms with E-state index in [1.165, 1.54) is 31.4 Å². The zero-order chi connectivity index (χ0) is 19.4. The van der Waals surface area contributed by atoms with Gasteiger partial charge in [-0.3, -0.25) is 9.52 Å². The Balaban J connectivity index is 2.14. The van der Waals surface area contributed by atoms with E-state index in [-0.39, 0.29) is 17.3 Å². The molecule has 2 aromatic carbocycles. The topological polar surface area (TPSA) is 111 Å². The van der Waals surface area contributed by atoms with Crippen molar-refractivity contribution in [3.63, 3.8) is 0 Å². The number of carbonyl (C=O) groups is 1. The molecule has 0 saturated carbocycles. The van der Waals surface area contributed by atoms with Crippen LogP contribution in [0.1, 0.15) is 24.2 Å². The van der Waals surface area contributed by atoms with Crippen LogP contribution in [0.15, 0.2) is 53.4 Å². The van der Waals surface area contributed by atoms with Crippen molar-refractivity contribution in [2.75, 3.05) is 18.4 Å². The molecule has 8 heteroatoms. The Morgan fingerprint density at radius 2 is 1.65 bits per heavy atom. The lowest BCUT2D eigenvalue weighted by molar-refractivity contribution is 0.0915. The number of hydrogen-bond donors (Lipinski definition) is 3. The molecule has 0 aromatic heterocycles. The first-order valence-electron chi connectivity index (χ1n) is 7.96. The predicted octanol–water partition coefficient (Wildman–Crippen LogP) is 1.96. The van der Waals surface area contributed by atoms with E-state index in [2.05, 4.69) is 10.0 Å². The zero-order valence-electron chi connectivity index (χ0n) is 14.9. The summed E-state index contributed by atoms with van der Waals surface area (Å²) in [5.41, 5.74) is 5.82. The first-order valence-corrected chi connectivity index (χ1v) is 9.45. The normalized spacial score (nSPS) is 11.7. The maximum atomic E-state index is 12.5. The molecule has 1 amide bonds. The van der Waals surface area contributed by atoms with Gasteiger partial charge in [-0.25, -0.2) is 8.42 Å². The van der Waals surface area contributed by atoms with Gasteiger partial charge in [0.1, 0.15) is 5.75 Å². The SMILES string of the molecule is COc1ccc(NS(=O)(=O)c2ccc(C(=O)NC(C)(C)CN)cc2)cc1. The van der Waals surface area contributed by atoms with Crippen molar-refractivity contribution in [2.45, 2.75) is 24.3 Å². The lowest BCUT2D eigenvalue weighted by Gasteiger charge is -2.24. The Bertz CT molecular complexity index is 860. The number of amides is 1. The van der Waals surface area contributed by atoms with Crippen LogP contribution < -0.4 is 20.5 Å². The van der Waals surface area contributed by atoms with Gasteiger partial charge in [0, 0.05) is 23.3 Å². The summed E-state index contributed by atoms with van der Waals surface area (Å²) >= 11 is 0. The Hall–Kier alpha value is -2.58. The number of anilines is 1. The van der Waals surface area contributed by atoms with Gasteiger partial charge in [0.25, 0.3) is 15.9 Å². The largest absolute Gasteiger partial charge is 0.497 e. The molecule has 4 N–H and O–H groups in total. The van der Waals surface area contributed by atoms with E-state index in [9.17, 15) is 13.2 Å². The van der Waals surface area contributed by atoms with Crippen molar-refractivity contribution in [3.05, 3.63) is 54.1 Å². The summed E-state index contributed by atoms with van der Waals surface area (Å²) in [5, 5.41) is 2.79. The van der Waals surface area contributed by atoms with Gasteiger partial charge in [0.05, 0.1) is 12.0 Å². The first-order chi connectivity index (χ1) is 12.2. The number of benzene rings is 2. The van der Waals surface area contributed by atoms with Crippen LogP contribution in [0.3, 0.4) is 0 Å². The molecule has 0 aliphatic rings. The van der Waals surface area contributed by atoms with E-state index in [1.807, 2.05) is 13.8 Å². The molecule has 0 aliphatic heterocycles. The van der Waals surface area contributed by atoms with Gasteiger partial charge in [-0.2, -0.15) is 0 Å². The zero-order valence-corrected chi connectivity index (χ0v) is 15.8. The van der Waals surface area contributed by atoms with Crippen molar-refractivity contribution < 1.29 is 17.9 Å². The third kappa shape index (κ3) is 4.96. The number of nitrogens with two attached hydrogens (primary N) is 1. The number of nitrogens with one attached hydrogen (secondary N) is 2. The molecule has 2 rings (SSSR count). The Morgan fingerprint density at radius 1 is 1.08 bits per heavy atom. The van der Waals surface area contributed by atoms with E-state index in [0.29, 0.717) is 17.0 Å². The molecule has 2 aromatic rings. The molecule has 0 spiro atoms. The maximum absolute atomic E-state index is 12.5. The number of methoxy groups -OCH3 is 1. The van der Waals surface area contributed by atoms with E-state index in [0.717, 1.165) is 0 Å². The van der Waals surface area contributed by atoms with Crippen molar-refractivity contribution in [2.24, 2.45) is 5.73 Å². The fourth-order valence-corrected chi connectivity index (χ4v) is 3.15. The second kappa shape index (κ2) is 7.76. The van der Waals surface area contributed by atoms with Gasteiger partial charge >= 0.3 is 0 Å².